The Morgan fingerprint density at radius 1 is 0.704 bits per heavy atom. The fraction of sp³-hybridized carbons (Fsp3) is 0.323. The van der Waals surface area contributed by atoms with Crippen LogP contribution in [0, 0.1) is 5.92 Å². The van der Waals surface area contributed by atoms with E-state index in [9.17, 15) is 38.4 Å². The first-order valence-electron chi connectivity index (χ1n) is 26.7. The zero-order valence-electron chi connectivity index (χ0n) is 46.3. The number of nitrogens with zero attached hydrogens (tertiary/aromatic N) is 1. The maximum Gasteiger partial charge on any atom is 0.363 e. The van der Waals surface area contributed by atoms with E-state index in [0.29, 0.717) is 43.1 Å². The van der Waals surface area contributed by atoms with Crippen LogP contribution in [0.2, 0.25) is 0 Å². The fourth-order valence-electron chi connectivity index (χ4n) is 8.28. The van der Waals surface area contributed by atoms with Crippen molar-refractivity contribution in [2.75, 3.05) is 20.3 Å². The first-order valence-corrected chi connectivity index (χ1v) is 27.3. The van der Waals surface area contributed by atoms with Crippen LogP contribution >= 0.6 is 9.24 Å². The molecule has 5 aromatic carbocycles. The minimum atomic E-state index is -0.769. The van der Waals surface area contributed by atoms with E-state index < -0.39 is 60.3 Å². The van der Waals surface area contributed by atoms with Crippen LogP contribution in [0.5, 0.6) is 5.75 Å². The molecular formula is C62H71N4O14P. The summed E-state index contributed by atoms with van der Waals surface area (Å²) >= 11 is 0. The predicted octanol–water partition coefficient (Wildman–Crippen LogP) is 8.97. The van der Waals surface area contributed by atoms with E-state index in [1.165, 1.54) is 18.2 Å². The number of rotatable bonds is 30. The number of amides is 3. The number of ether oxygens (including phenoxy) is 4. The normalized spacial score (nSPS) is 11.8. The molecule has 81 heavy (non-hydrogen) atoms. The van der Waals surface area contributed by atoms with Gasteiger partial charge in [0.2, 0.25) is 12.3 Å². The van der Waals surface area contributed by atoms with Crippen molar-refractivity contribution in [3.05, 3.63) is 179 Å². The van der Waals surface area contributed by atoms with Gasteiger partial charge in [0, 0.05) is 5.56 Å². The van der Waals surface area contributed by atoms with E-state index in [1.54, 1.807) is 38.2 Å². The number of carbonyl (C=O) groups excluding carboxylic acids is 8. The molecule has 6 rings (SSSR count). The average molecular weight is 1130 g/mol. The highest BCUT2D eigenvalue weighted by Crippen LogP contribution is 2.29. The van der Waals surface area contributed by atoms with Crippen LogP contribution < -0.4 is 26.0 Å². The SMILES string of the molecule is CCCCCC(C(=O)NCNC(=O)c1ccc(-c2ccc(C=O)c(OCC(=O)OCc3ccccc3)c2)o1)C(CC)N(C=O)OC(=O)c1ccc(P)cc1C(C)C.CNC(CC(=O)OCc1ccccc1)C(=O)OCc1ccccc1. The highest BCUT2D eigenvalue weighted by Gasteiger charge is 2.34. The van der Waals surface area contributed by atoms with Crippen molar-refractivity contribution in [1.82, 2.24) is 21.0 Å². The summed E-state index contributed by atoms with van der Waals surface area (Å²) in [7, 11) is 4.21. The number of hydroxylamine groups is 2. The first-order chi connectivity index (χ1) is 39.2. The third-order valence-electron chi connectivity index (χ3n) is 12.7. The van der Waals surface area contributed by atoms with Crippen LogP contribution in [-0.4, -0.2) is 85.9 Å². The third-order valence-corrected chi connectivity index (χ3v) is 13.1. The molecule has 0 radical (unpaired) electrons. The Kier molecular flexibility index (Phi) is 26.5. The molecule has 0 aliphatic heterocycles. The summed E-state index contributed by atoms with van der Waals surface area (Å²) in [6.45, 7) is 7.51. The van der Waals surface area contributed by atoms with Crippen molar-refractivity contribution in [1.29, 1.82) is 0 Å². The van der Waals surface area contributed by atoms with Crippen molar-refractivity contribution in [2.24, 2.45) is 5.92 Å². The first kappa shape index (κ1) is 63.4. The molecule has 3 N–H and O–H groups in total. The van der Waals surface area contributed by atoms with Gasteiger partial charge in [-0.25, -0.2) is 9.59 Å². The fourth-order valence-corrected chi connectivity index (χ4v) is 8.55. The largest absolute Gasteiger partial charge is 0.481 e. The zero-order chi connectivity index (χ0) is 58.5. The Hall–Kier alpha value is -8.47. The van der Waals surface area contributed by atoms with Crippen LogP contribution in [0.15, 0.2) is 144 Å². The lowest BCUT2D eigenvalue weighted by molar-refractivity contribution is -0.171. The standard InChI is InChI=1S/C43H50N3O10P.C19H21NO4/c1-5-7-9-14-34(36(6-2)46(27-48)56-43(52)33-18-17-32(57)22-35(33)28(3)4)41(50)44-26-45-42(51)38-20-19-37(55-38)30-15-16-31(23-47)39(21-30)53-25-40(49)54-24-29-12-10-8-11-13-29;1-20-17(19(22)24-14-16-10-6-3-7-11-16)12-18(21)23-13-15-8-4-2-5-9-15/h8,10-13,15-23,27-28,34,36H,5-7,9,14,24-26,57H2,1-4H3,(H,44,50)(H,45,51);2-11,17,20H,12-14H2,1H3. The van der Waals surface area contributed by atoms with E-state index in [1.807, 2.05) is 118 Å². The number of aldehydes is 1. The molecule has 6 aromatic rings. The second kappa shape index (κ2) is 33.8. The molecule has 4 unspecified atom stereocenters. The van der Waals surface area contributed by atoms with Crippen molar-refractivity contribution >= 4 is 62.9 Å². The van der Waals surface area contributed by atoms with Crippen molar-refractivity contribution < 1.29 is 66.6 Å². The molecular weight excluding hydrogens is 1060 g/mol. The molecule has 19 heteroatoms. The van der Waals surface area contributed by atoms with E-state index in [-0.39, 0.29) is 61.7 Å². The maximum atomic E-state index is 13.6. The van der Waals surface area contributed by atoms with E-state index in [0.717, 1.165) is 45.5 Å². The Morgan fingerprint density at radius 3 is 1.89 bits per heavy atom. The number of carbonyl (C=O) groups is 8. The summed E-state index contributed by atoms with van der Waals surface area (Å²) in [4.78, 5) is 106. The molecule has 18 nitrogen and oxygen atoms in total. The number of nitrogens with one attached hydrogen (secondary N) is 3. The molecule has 4 atom stereocenters. The topological polar surface area (TPSA) is 235 Å². The van der Waals surface area contributed by atoms with E-state index in [2.05, 4.69) is 25.2 Å². The summed E-state index contributed by atoms with van der Waals surface area (Å²) < 4.78 is 27.1. The van der Waals surface area contributed by atoms with Gasteiger partial charge in [0.1, 0.15) is 37.4 Å². The number of unbranched alkanes of at least 4 members (excludes halogenated alkanes) is 2. The van der Waals surface area contributed by atoms with Gasteiger partial charge in [-0.1, -0.05) is 156 Å². The molecule has 0 aliphatic rings. The van der Waals surface area contributed by atoms with Gasteiger partial charge in [-0.2, -0.15) is 5.06 Å². The second-order valence-electron chi connectivity index (χ2n) is 18.9. The predicted molar refractivity (Wildman–Crippen MR) is 307 cm³/mol. The van der Waals surface area contributed by atoms with Gasteiger partial charge in [0.25, 0.3) is 5.91 Å². The van der Waals surface area contributed by atoms with Crippen LogP contribution in [-0.2, 0) is 62.8 Å². The second-order valence-corrected chi connectivity index (χ2v) is 19.6. The molecule has 0 aliphatic carbocycles. The summed E-state index contributed by atoms with van der Waals surface area (Å²) in [6, 6.07) is 39.4. The Labute approximate surface area is 474 Å². The smallest absolute Gasteiger partial charge is 0.363 e. The maximum absolute atomic E-state index is 13.6. The number of benzene rings is 5. The molecule has 0 fully saturated rings. The van der Waals surface area contributed by atoms with Crippen LogP contribution in [0.1, 0.15) is 126 Å². The van der Waals surface area contributed by atoms with Gasteiger partial charge in [-0.3, -0.25) is 28.8 Å². The minimum absolute atomic E-state index is 0.0206. The number of likely N-dealkylation sites (N-methyl/N-ethyl adjacent to an activating group) is 1. The van der Waals surface area contributed by atoms with Crippen molar-refractivity contribution in [2.45, 2.75) is 104 Å². The van der Waals surface area contributed by atoms with Crippen molar-refractivity contribution in [3.8, 4) is 17.1 Å². The Morgan fingerprint density at radius 2 is 1.32 bits per heavy atom. The summed E-state index contributed by atoms with van der Waals surface area (Å²) in [5, 5.41) is 9.98. The third kappa shape index (κ3) is 20.6. The molecule has 3 amide bonds. The Balaban J connectivity index is 0.000000416. The molecule has 428 valence electrons. The van der Waals surface area contributed by atoms with Gasteiger partial charge >= 0.3 is 23.9 Å². The van der Waals surface area contributed by atoms with Crippen molar-refractivity contribution in [3.63, 3.8) is 0 Å². The van der Waals surface area contributed by atoms with Crippen LogP contribution in [0.3, 0.4) is 0 Å². The van der Waals surface area contributed by atoms with Crippen LogP contribution in [0.25, 0.3) is 11.3 Å². The lowest BCUT2D eigenvalue weighted by Gasteiger charge is -2.32. The molecule has 0 bridgehead atoms. The van der Waals surface area contributed by atoms with Gasteiger partial charge < -0.3 is 44.2 Å². The van der Waals surface area contributed by atoms with Gasteiger partial charge in [0.15, 0.2) is 18.7 Å². The monoisotopic (exact) mass is 1130 g/mol. The quantitative estimate of drug-likeness (QED) is 0.00726. The summed E-state index contributed by atoms with van der Waals surface area (Å²) in [5.41, 5.74) is 4.39. The molecule has 0 spiro atoms. The summed E-state index contributed by atoms with van der Waals surface area (Å²) in [5.74, 6) is -3.65. The molecule has 0 saturated carbocycles. The number of hydrogen-bond donors (Lipinski definition) is 3. The van der Waals surface area contributed by atoms with E-state index in [4.69, 9.17) is 28.2 Å². The average Bonchev–Trinajstić information content (AvgIpc) is 4.07. The lowest BCUT2D eigenvalue weighted by atomic mass is 9.90. The van der Waals surface area contributed by atoms with Gasteiger partial charge in [-0.05, 0) is 83.7 Å². The van der Waals surface area contributed by atoms with Gasteiger partial charge in [0.05, 0.1) is 36.2 Å². The highest BCUT2D eigenvalue weighted by molar-refractivity contribution is 7.27. The van der Waals surface area contributed by atoms with Crippen LogP contribution in [0.4, 0.5) is 0 Å². The zero-order valence-corrected chi connectivity index (χ0v) is 47.4. The number of esters is 3. The lowest BCUT2D eigenvalue weighted by Crippen LogP contribution is -2.49. The highest BCUT2D eigenvalue weighted by atomic mass is 31.0. The molecule has 1 heterocycles. The number of furan rings is 1. The minimum Gasteiger partial charge on any atom is -0.481 e. The Bertz CT molecular complexity index is 2990. The molecule has 0 saturated heterocycles. The summed E-state index contributed by atoms with van der Waals surface area (Å²) in [6.07, 6.45) is 4.13. The van der Waals surface area contributed by atoms with E-state index >= 15 is 0 Å². The van der Waals surface area contributed by atoms with Gasteiger partial charge in [-0.15, -0.1) is 9.24 Å². The molecule has 1 aromatic heterocycles. The number of hydrogen-bond acceptors (Lipinski definition) is 15.